The Morgan fingerprint density at radius 2 is 2.23 bits per heavy atom. The van der Waals surface area contributed by atoms with Gasteiger partial charge in [-0.2, -0.15) is 0 Å². The van der Waals surface area contributed by atoms with Crippen molar-refractivity contribution in [2.45, 2.75) is 12.8 Å². The van der Waals surface area contributed by atoms with Crippen molar-refractivity contribution in [2.75, 3.05) is 6.61 Å². The third-order valence-electron chi connectivity index (χ3n) is 1.93. The van der Waals surface area contributed by atoms with Gasteiger partial charge >= 0.3 is 0 Å². The van der Waals surface area contributed by atoms with Crippen LogP contribution in [0, 0.1) is 15.9 Å². The molecule has 0 aromatic heterocycles. The monoisotopic (exact) mass is 286 g/mol. The standard InChI is InChI=1S/C11H11IO/c1-3-9-4-10(8(2)7-13)6-11(12)5-9/h1,4-6,8,13H,7H2,2H3. The molecule has 0 aliphatic heterocycles. The molecule has 0 amide bonds. The van der Waals surface area contributed by atoms with Crippen LogP contribution < -0.4 is 0 Å². The molecule has 1 aromatic rings. The molecule has 1 nitrogen and oxygen atoms in total. The van der Waals surface area contributed by atoms with Gasteiger partial charge in [0.05, 0.1) is 0 Å². The summed E-state index contributed by atoms with van der Waals surface area (Å²) in [6, 6.07) is 5.94. The maximum atomic E-state index is 8.99. The van der Waals surface area contributed by atoms with Gasteiger partial charge in [0.1, 0.15) is 0 Å². The van der Waals surface area contributed by atoms with E-state index in [4.69, 9.17) is 11.5 Å². The maximum Gasteiger partial charge on any atom is 0.0497 e. The first-order valence-corrected chi connectivity index (χ1v) is 5.13. The van der Waals surface area contributed by atoms with Crippen LogP contribution >= 0.6 is 22.6 Å². The fourth-order valence-electron chi connectivity index (χ4n) is 1.09. The van der Waals surface area contributed by atoms with E-state index in [0.717, 1.165) is 14.7 Å². The molecule has 68 valence electrons. The molecule has 0 spiro atoms. The highest BCUT2D eigenvalue weighted by atomic mass is 127. The van der Waals surface area contributed by atoms with Gasteiger partial charge in [-0.15, -0.1) is 6.42 Å². The second-order valence-corrected chi connectivity index (χ2v) is 4.25. The average Bonchev–Trinajstić information content (AvgIpc) is 2.15. The number of aliphatic hydroxyl groups excluding tert-OH is 1. The van der Waals surface area contributed by atoms with Crippen LogP contribution in [-0.2, 0) is 0 Å². The number of aliphatic hydroxyl groups is 1. The van der Waals surface area contributed by atoms with Gasteiger partial charge in [0.2, 0.25) is 0 Å². The number of terminal acetylenes is 1. The molecule has 2 heteroatoms. The zero-order valence-electron chi connectivity index (χ0n) is 7.42. The number of benzene rings is 1. The first-order valence-electron chi connectivity index (χ1n) is 4.05. The lowest BCUT2D eigenvalue weighted by Gasteiger charge is -2.09. The number of rotatable bonds is 2. The fraction of sp³-hybridized carbons (Fsp3) is 0.273. The average molecular weight is 286 g/mol. The van der Waals surface area contributed by atoms with Gasteiger partial charge in [0, 0.05) is 21.7 Å². The van der Waals surface area contributed by atoms with Gasteiger partial charge in [-0.3, -0.25) is 0 Å². The van der Waals surface area contributed by atoms with Crippen LogP contribution in [0.15, 0.2) is 18.2 Å². The summed E-state index contributed by atoms with van der Waals surface area (Å²) in [6.45, 7) is 2.13. The normalized spacial score (nSPS) is 12.2. The van der Waals surface area contributed by atoms with Crippen LogP contribution in [0.25, 0.3) is 0 Å². The quantitative estimate of drug-likeness (QED) is 0.653. The molecule has 1 unspecified atom stereocenters. The van der Waals surface area contributed by atoms with E-state index in [2.05, 4.69) is 28.5 Å². The van der Waals surface area contributed by atoms with Crippen molar-refractivity contribution in [1.82, 2.24) is 0 Å². The maximum absolute atomic E-state index is 8.99. The minimum Gasteiger partial charge on any atom is -0.396 e. The highest BCUT2D eigenvalue weighted by Crippen LogP contribution is 2.19. The van der Waals surface area contributed by atoms with Gasteiger partial charge < -0.3 is 5.11 Å². The molecule has 13 heavy (non-hydrogen) atoms. The molecule has 1 N–H and O–H groups in total. The highest BCUT2D eigenvalue weighted by Gasteiger charge is 2.05. The van der Waals surface area contributed by atoms with E-state index in [1.165, 1.54) is 0 Å². The molecule has 0 saturated carbocycles. The molecule has 0 aliphatic rings. The van der Waals surface area contributed by atoms with E-state index in [1.807, 2.05) is 25.1 Å². The lowest BCUT2D eigenvalue weighted by atomic mass is 10.0. The number of hydrogen-bond donors (Lipinski definition) is 1. The minimum atomic E-state index is 0.154. The van der Waals surface area contributed by atoms with Crippen molar-refractivity contribution in [2.24, 2.45) is 0 Å². The van der Waals surface area contributed by atoms with Crippen molar-refractivity contribution in [3.8, 4) is 12.3 Å². The van der Waals surface area contributed by atoms with Crippen LogP contribution in [0.3, 0.4) is 0 Å². The second-order valence-electron chi connectivity index (χ2n) is 3.00. The third kappa shape index (κ3) is 2.71. The second kappa shape index (κ2) is 4.64. The molecule has 0 aliphatic carbocycles. The zero-order chi connectivity index (χ0) is 9.84. The third-order valence-corrected chi connectivity index (χ3v) is 2.55. The van der Waals surface area contributed by atoms with Crippen LogP contribution in [0.2, 0.25) is 0 Å². The SMILES string of the molecule is C#Cc1cc(I)cc(C(C)CO)c1. The van der Waals surface area contributed by atoms with Crippen LogP contribution in [-0.4, -0.2) is 11.7 Å². The van der Waals surface area contributed by atoms with Gasteiger partial charge in [-0.1, -0.05) is 12.8 Å². The van der Waals surface area contributed by atoms with Crippen LogP contribution in [0.1, 0.15) is 24.0 Å². The van der Waals surface area contributed by atoms with Crippen molar-refractivity contribution < 1.29 is 5.11 Å². The lowest BCUT2D eigenvalue weighted by Crippen LogP contribution is -1.99. The summed E-state index contributed by atoms with van der Waals surface area (Å²) >= 11 is 2.23. The van der Waals surface area contributed by atoms with Crippen LogP contribution in [0.5, 0.6) is 0 Å². The largest absolute Gasteiger partial charge is 0.396 e. The van der Waals surface area contributed by atoms with Gasteiger partial charge in [-0.25, -0.2) is 0 Å². The first-order chi connectivity index (χ1) is 6.17. The van der Waals surface area contributed by atoms with Crippen molar-refractivity contribution >= 4 is 22.6 Å². The number of hydrogen-bond acceptors (Lipinski definition) is 1. The predicted octanol–water partition coefficient (Wildman–Crippen LogP) is 2.37. The molecule has 0 radical (unpaired) electrons. The Morgan fingerprint density at radius 3 is 2.77 bits per heavy atom. The zero-order valence-corrected chi connectivity index (χ0v) is 9.58. The molecule has 0 heterocycles. The molecule has 1 rings (SSSR count). The van der Waals surface area contributed by atoms with E-state index in [0.29, 0.717) is 0 Å². The van der Waals surface area contributed by atoms with Crippen molar-refractivity contribution in [3.05, 3.63) is 32.9 Å². The summed E-state index contributed by atoms with van der Waals surface area (Å²) in [5.41, 5.74) is 1.98. The fourth-order valence-corrected chi connectivity index (χ4v) is 1.78. The smallest absolute Gasteiger partial charge is 0.0497 e. The summed E-state index contributed by atoms with van der Waals surface area (Å²) in [6.07, 6.45) is 5.31. The summed E-state index contributed by atoms with van der Waals surface area (Å²) in [5.74, 6) is 2.76. The summed E-state index contributed by atoms with van der Waals surface area (Å²) in [5, 5.41) is 8.99. The van der Waals surface area contributed by atoms with E-state index in [9.17, 15) is 0 Å². The van der Waals surface area contributed by atoms with Crippen LogP contribution in [0.4, 0.5) is 0 Å². The molecule has 1 aromatic carbocycles. The summed E-state index contributed by atoms with van der Waals surface area (Å²) in [7, 11) is 0. The Labute approximate surface area is 92.3 Å². The van der Waals surface area contributed by atoms with Crippen molar-refractivity contribution in [3.63, 3.8) is 0 Å². The number of halogens is 1. The Morgan fingerprint density at radius 1 is 1.54 bits per heavy atom. The Kier molecular flexibility index (Phi) is 3.76. The van der Waals surface area contributed by atoms with E-state index in [-0.39, 0.29) is 12.5 Å². The predicted molar refractivity (Wildman–Crippen MR) is 62.6 cm³/mol. The van der Waals surface area contributed by atoms with Gasteiger partial charge in [0.25, 0.3) is 0 Å². The molecular weight excluding hydrogens is 275 g/mol. The first kappa shape index (κ1) is 10.6. The Hall–Kier alpha value is -0.530. The van der Waals surface area contributed by atoms with Crippen molar-refractivity contribution in [1.29, 1.82) is 0 Å². The summed E-state index contributed by atoms with van der Waals surface area (Å²) in [4.78, 5) is 0. The topological polar surface area (TPSA) is 20.2 Å². The highest BCUT2D eigenvalue weighted by molar-refractivity contribution is 14.1. The Bertz CT molecular complexity index is 338. The molecule has 0 bridgehead atoms. The lowest BCUT2D eigenvalue weighted by molar-refractivity contribution is 0.273. The molecule has 1 atom stereocenters. The van der Waals surface area contributed by atoms with Gasteiger partial charge in [0.15, 0.2) is 0 Å². The van der Waals surface area contributed by atoms with E-state index < -0.39 is 0 Å². The molecule has 0 saturated heterocycles. The minimum absolute atomic E-state index is 0.154. The van der Waals surface area contributed by atoms with E-state index >= 15 is 0 Å². The summed E-state index contributed by atoms with van der Waals surface area (Å²) < 4.78 is 1.11. The molecule has 0 fully saturated rings. The molecular formula is C11H11IO. The van der Waals surface area contributed by atoms with Gasteiger partial charge in [-0.05, 0) is 46.4 Å². The van der Waals surface area contributed by atoms with E-state index in [1.54, 1.807) is 0 Å². The Balaban J connectivity index is 3.10.